The molecule has 2 saturated carbocycles. The molecule has 2 aromatic rings. The lowest BCUT2D eigenvalue weighted by Gasteiger charge is -2.26. The Balaban J connectivity index is 1.45. The Bertz CT molecular complexity index is 933. The number of aromatic amines is 1. The molecule has 3 N–H and O–H groups in total. The summed E-state index contributed by atoms with van der Waals surface area (Å²) in [6, 6.07) is 2.83. The standard InChI is InChI=1S/C20H24FN3O4/c21-15-7-14(28-10-12-1-2-12)8-16-17(15)18(25)24-20(23-16)22-9-11-3-5-13(6-4-11)19(26)27/h7-8,11-13H,1-6,9-10H2,(H,26,27)(H2,22,23,24,25). The summed E-state index contributed by atoms with van der Waals surface area (Å²) in [6.45, 7) is 1.14. The predicted octanol–water partition coefficient (Wildman–Crippen LogP) is 3.15. The van der Waals surface area contributed by atoms with E-state index in [0.717, 1.165) is 25.7 Å². The highest BCUT2D eigenvalue weighted by molar-refractivity contribution is 5.80. The number of hydrogen-bond donors (Lipinski definition) is 3. The van der Waals surface area contributed by atoms with Crippen molar-refractivity contribution in [2.75, 3.05) is 18.5 Å². The van der Waals surface area contributed by atoms with E-state index in [1.54, 1.807) is 6.07 Å². The number of hydrogen-bond acceptors (Lipinski definition) is 5. The van der Waals surface area contributed by atoms with Gasteiger partial charge in [0.05, 0.1) is 18.0 Å². The van der Waals surface area contributed by atoms with Crippen molar-refractivity contribution in [3.05, 3.63) is 28.3 Å². The minimum absolute atomic E-state index is 0.0775. The van der Waals surface area contributed by atoms with E-state index >= 15 is 0 Å². The number of halogens is 1. The smallest absolute Gasteiger partial charge is 0.306 e. The van der Waals surface area contributed by atoms with Crippen LogP contribution in [0.3, 0.4) is 0 Å². The molecule has 1 aromatic heterocycles. The molecular formula is C20H24FN3O4. The number of aliphatic carboxylic acids is 1. The van der Waals surface area contributed by atoms with E-state index in [4.69, 9.17) is 9.84 Å². The third-order valence-electron chi connectivity index (χ3n) is 5.67. The monoisotopic (exact) mass is 389 g/mol. The Morgan fingerprint density at radius 3 is 2.61 bits per heavy atom. The van der Waals surface area contributed by atoms with Gasteiger partial charge in [-0.1, -0.05) is 0 Å². The first-order valence-electron chi connectivity index (χ1n) is 9.82. The largest absolute Gasteiger partial charge is 0.493 e. The predicted molar refractivity (Wildman–Crippen MR) is 102 cm³/mol. The van der Waals surface area contributed by atoms with Gasteiger partial charge in [0.25, 0.3) is 5.56 Å². The second kappa shape index (κ2) is 7.77. The van der Waals surface area contributed by atoms with Gasteiger partial charge in [0.15, 0.2) is 0 Å². The number of benzene rings is 1. The van der Waals surface area contributed by atoms with E-state index in [2.05, 4.69) is 15.3 Å². The van der Waals surface area contributed by atoms with Gasteiger partial charge in [0, 0.05) is 18.7 Å². The van der Waals surface area contributed by atoms with E-state index in [9.17, 15) is 14.0 Å². The van der Waals surface area contributed by atoms with Crippen LogP contribution in [0.5, 0.6) is 5.75 Å². The van der Waals surface area contributed by atoms with Crippen LogP contribution >= 0.6 is 0 Å². The average molecular weight is 389 g/mol. The maximum atomic E-state index is 14.3. The fourth-order valence-electron chi connectivity index (χ4n) is 3.72. The van der Waals surface area contributed by atoms with Gasteiger partial charge in [-0.3, -0.25) is 14.6 Å². The molecule has 0 radical (unpaired) electrons. The lowest BCUT2D eigenvalue weighted by molar-refractivity contribution is -0.143. The molecule has 0 saturated heterocycles. The van der Waals surface area contributed by atoms with Gasteiger partial charge in [-0.25, -0.2) is 9.37 Å². The zero-order valence-corrected chi connectivity index (χ0v) is 15.5. The third kappa shape index (κ3) is 4.26. The van der Waals surface area contributed by atoms with Gasteiger partial charge < -0.3 is 15.2 Å². The second-order valence-electron chi connectivity index (χ2n) is 7.90. The number of rotatable bonds is 7. The summed E-state index contributed by atoms with van der Waals surface area (Å²) in [5.41, 5.74) is -0.278. The van der Waals surface area contributed by atoms with Crippen LogP contribution in [0.25, 0.3) is 10.9 Å². The molecule has 2 aliphatic rings. The number of carbonyl (C=O) groups is 1. The van der Waals surface area contributed by atoms with Gasteiger partial charge in [0.2, 0.25) is 5.95 Å². The Kier molecular flexibility index (Phi) is 5.19. The Labute approximate surface area is 161 Å². The minimum atomic E-state index is -0.728. The van der Waals surface area contributed by atoms with Gasteiger partial charge in [0.1, 0.15) is 17.0 Å². The summed E-state index contributed by atoms with van der Waals surface area (Å²) in [4.78, 5) is 30.3. The second-order valence-corrected chi connectivity index (χ2v) is 7.90. The lowest BCUT2D eigenvalue weighted by atomic mass is 9.82. The molecule has 0 spiro atoms. The number of nitrogens with one attached hydrogen (secondary N) is 2. The molecule has 2 fully saturated rings. The van der Waals surface area contributed by atoms with Crippen molar-refractivity contribution in [3.63, 3.8) is 0 Å². The van der Waals surface area contributed by atoms with E-state index < -0.39 is 17.3 Å². The van der Waals surface area contributed by atoms with Crippen molar-refractivity contribution in [2.45, 2.75) is 38.5 Å². The number of anilines is 1. The number of nitrogens with zero attached hydrogens (tertiary/aromatic N) is 1. The zero-order chi connectivity index (χ0) is 19.7. The number of carboxylic acid groups (broad SMARTS) is 1. The number of H-pyrrole nitrogens is 1. The lowest BCUT2D eigenvalue weighted by Crippen LogP contribution is -2.26. The quantitative estimate of drug-likeness (QED) is 0.672. The van der Waals surface area contributed by atoms with Crippen molar-refractivity contribution in [1.29, 1.82) is 0 Å². The molecular weight excluding hydrogens is 365 g/mol. The van der Waals surface area contributed by atoms with Crippen LogP contribution in [0.15, 0.2) is 16.9 Å². The van der Waals surface area contributed by atoms with E-state index in [0.29, 0.717) is 43.6 Å². The molecule has 0 bridgehead atoms. The summed E-state index contributed by atoms with van der Waals surface area (Å²) in [5.74, 6) is -0.0958. The first-order valence-corrected chi connectivity index (χ1v) is 9.82. The van der Waals surface area contributed by atoms with E-state index in [1.807, 2.05) is 0 Å². The molecule has 150 valence electrons. The van der Waals surface area contributed by atoms with Crippen molar-refractivity contribution in [2.24, 2.45) is 17.8 Å². The highest BCUT2D eigenvalue weighted by Crippen LogP contribution is 2.31. The highest BCUT2D eigenvalue weighted by Gasteiger charge is 2.26. The number of ether oxygens (including phenoxy) is 1. The Hall–Kier alpha value is -2.64. The molecule has 0 amide bonds. The number of aromatic nitrogens is 2. The summed E-state index contributed by atoms with van der Waals surface area (Å²) < 4.78 is 20.0. The molecule has 0 atom stereocenters. The average Bonchev–Trinajstić information content (AvgIpc) is 3.49. The van der Waals surface area contributed by atoms with Crippen molar-refractivity contribution < 1.29 is 19.0 Å². The molecule has 4 rings (SSSR count). The van der Waals surface area contributed by atoms with Gasteiger partial charge >= 0.3 is 5.97 Å². The summed E-state index contributed by atoms with van der Waals surface area (Å²) >= 11 is 0. The van der Waals surface area contributed by atoms with E-state index in [1.165, 1.54) is 6.07 Å². The molecule has 28 heavy (non-hydrogen) atoms. The summed E-state index contributed by atoms with van der Waals surface area (Å²) in [7, 11) is 0. The van der Waals surface area contributed by atoms with Gasteiger partial charge in [-0.05, 0) is 50.4 Å². The summed E-state index contributed by atoms with van der Waals surface area (Å²) in [6.07, 6.45) is 5.23. The van der Waals surface area contributed by atoms with Crippen molar-refractivity contribution in [3.8, 4) is 5.75 Å². The molecule has 1 aromatic carbocycles. The molecule has 8 heteroatoms. The van der Waals surface area contributed by atoms with Crippen molar-refractivity contribution in [1.82, 2.24) is 9.97 Å². The Morgan fingerprint density at radius 1 is 1.21 bits per heavy atom. The first-order chi connectivity index (χ1) is 13.5. The molecule has 0 unspecified atom stereocenters. The zero-order valence-electron chi connectivity index (χ0n) is 15.5. The molecule has 2 aliphatic carbocycles. The van der Waals surface area contributed by atoms with Crippen LogP contribution in [0.2, 0.25) is 0 Å². The first kappa shape index (κ1) is 18.7. The number of fused-ring (bicyclic) bond motifs is 1. The van der Waals surface area contributed by atoms with Gasteiger partial charge in [-0.2, -0.15) is 0 Å². The topological polar surface area (TPSA) is 104 Å². The van der Waals surface area contributed by atoms with Gasteiger partial charge in [-0.15, -0.1) is 0 Å². The third-order valence-corrected chi connectivity index (χ3v) is 5.67. The van der Waals surface area contributed by atoms with Crippen LogP contribution in [0.4, 0.5) is 10.3 Å². The molecule has 7 nitrogen and oxygen atoms in total. The minimum Gasteiger partial charge on any atom is -0.493 e. The fraction of sp³-hybridized carbons (Fsp3) is 0.550. The Morgan fingerprint density at radius 2 is 1.93 bits per heavy atom. The molecule has 1 heterocycles. The highest BCUT2D eigenvalue weighted by atomic mass is 19.1. The van der Waals surface area contributed by atoms with Crippen LogP contribution in [-0.2, 0) is 4.79 Å². The van der Waals surface area contributed by atoms with E-state index in [-0.39, 0.29) is 22.8 Å². The SMILES string of the molecule is O=C(O)C1CCC(CNc2nc3cc(OCC4CC4)cc(F)c3c(=O)[nH]2)CC1. The van der Waals surface area contributed by atoms with Crippen LogP contribution in [-0.4, -0.2) is 34.2 Å². The normalized spacial score (nSPS) is 22.2. The number of carboxylic acids is 1. The molecule has 0 aliphatic heterocycles. The van der Waals surface area contributed by atoms with Crippen LogP contribution < -0.4 is 15.6 Å². The van der Waals surface area contributed by atoms with Crippen molar-refractivity contribution >= 4 is 22.8 Å². The van der Waals surface area contributed by atoms with Crippen LogP contribution in [0.1, 0.15) is 38.5 Å². The fourth-order valence-corrected chi connectivity index (χ4v) is 3.72. The maximum Gasteiger partial charge on any atom is 0.306 e. The summed E-state index contributed by atoms with van der Waals surface area (Å²) in [5, 5.41) is 12.1. The maximum absolute atomic E-state index is 14.3. The van der Waals surface area contributed by atoms with Crippen LogP contribution in [0, 0.1) is 23.6 Å².